The Kier molecular flexibility index (Phi) is 3.69. The van der Waals surface area contributed by atoms with Gasteiger partial charge in [-0.2, -0.15) is 0 Å². The van der Waals surface area contributed by atoms with Crippen molar-refractivity contribution in [1.29, 1.82) is 0 Å². The fraction of sp³-hybridized carbons (Fsp3) is 0.267. The van der Waals surface area contributed by atoms with E-state index < -0.39 is 0 Å². The van der Waals surface area contributed by atoms with E-state index in [9.17, 15) is 0 Å². The number of aromatic nitrogens is 1. The summed E-state index contributed by atoms with van der Waals surface area (Å²) in [6.45, 7) is 3.32. The van der Waals surface area contributed by atoms with Crippen LogP contribution in [0.25, 0.3) is 0 Å². The Morgan fingerprint density at radius 1 is 1.10 bits per heavy atom. The predicted octanol–water partition coefficient (Wildman–Crippen LogP) is 2.24. The van der Waals surface area contributed by atoms with Crippen LogP contribution in [0.4, 0.5) is 22.9 Å². The third-order valence-electron chi connectivity index (χ3n) is 3.32. The lowest BCUT2D eigenvalue weighted by atomic mass is 10.2. The van der Waals surface area contributed by atoms with Crippen molar-refractivity contribution < 1.29 is 4.74 Å². The van der Waals surface area contributed by atoms with Gasteiger partial charge in [0.25, 0.3) is 0 Å². The second-order valence-electron chi connectivity index (χ2n) is 4.72. The van der Waals surface area contributed by atoms with Crippen molar-refractivity contribution in [2.24, 2.45) is 0 Å². The maximum Gasteiger partial charge on any atom is 0.128 e. The average Bonchev–Trinajstić information content (AvgIpc) is 2.51. The number of nitrogen functional groups attached to an aromatic ring is 1. The van der Waals surface area contributed by atoms with Crippen LogP contribution in [-0.4, -0.2) is 31.3 Å². The molecule has 3 N–H and O–H groups in total. The predicted molar refractivity (Wildman–Crippen MR) is 81.4 cm³/mol. The first-order valence-corrected chi connectivity index (χ1v) is 6.73. The summed E-state index contributed by atoms with van der Waals surface area (Å²) in [5, 5.41) is 3.27. The lowest BCUT2D eigenvalue weighted by Crippen LogP contribution is -2.36. The van der Waals surface area contributed by atoms with Crippen molar-refractivity contribution in [3.63, 3.8) is 0 Å². The fourth-order valence-corrected chi connectivity index (χ4v) is 2.21. The maximum atomic E-state index is 5.91. The van der Waals surface area contributed by atoms with Gasteiger partial charge in [-0.15, -0.1) is 0 Å². The van der Waals surface area contributed by atoms with Crippen molar-refractivity contribution in [3.8, 4) is 0 Å². The number of nitrogens with two attached hydrogens (primary N) is 1. The van der Waals surface area contributed by atoms with E-state index in [4.69, 9.17) is 10.5 Å². The first-order valence-electron chi connectivity index (χ1n) is 6.73. The molecule has 0 atom stereocenters. The van der Waals surface area contributed by atoms with Crippen molar-refractivity contribution in [3.05, 3.63) is 42.6 Å². The molecule has 0 amide bonds. The van der Waals surface area contributed by atoms with E-state index in [0.717, 1.165) is 49.2 Å². The number of ether oxygens (including phenoxy) is 1. The number of benzene rings is 1. The fourth-order valence-electron chi connectivity index (χ4n) is 2.21. The minimum Gasteiger partial charge on any atom is -0.397 e. The van der Waals surface area contributed by atoms with E-state index >= 15 is 0 Å². The quantitative estimate of drug-likeness (QED) is 0.837. The molecule has 104 valence electrons. The summed E-state index contributed by atoms with van der Waals surface area (Å²) in [6.07, 6.45) is 1.83. The SMILES string of the molecule is Nc1ccccc1Nc1ccc(N2CCOCC2)nc1. The highest BCUT2D eigenvalue weighted by atomic mass is 16.5. The molecule has 5 heteroatoms. The van der Waals surface area contributed by atoms with Crippen LogP contribution in [0.2, 0.25) is 0 Å². The first-order chi connectivity index (χ1) is 9.83. The Morgan fingerprint density at radius 2 is 1.90 bits per heavy atom. The molecule has 1 aromatic carbocycles. The molecule has 0 aliphatic carbocycles. The molecule has 0 saturated carbocycles. The van der Waals surface area contributed by atoms with Gasteiger partial charge >= 0.3 is 0 Å². The third kappa shape index (κ3) is 2.83. The largest absolute Gasteiger partial charge is 0.397 e. The number of para-hydroxylation sites is 2. The van der Waals surface area contributed by atoms with E-state index in [1.807, 2.05) is 42.6 Å². The Hall–Kier alpha value is -2.27. The number of nitrogens with zero attached hydrogens (tertiary/aromatic N) is 2. The van der Waals surface area contributed by atoms with Gasteiger partial charge in [0.05, 0.1) is 36.5 Å². The Balaban J connectivity index is 1.71. The minimum absolute atomic E-state index is 0.727. The summed E-state index contributed by atoms with van der Waals surface area (Å²) in [5.41, 5.74) is 8.46. The molecule has 2 aromatic rings. The van der Waals surface area contributed by atoms with Crippen molar-refractivity contribution >= 4 is 22.9 Å². The zero-order valence-electron chi connectivity index (χ0n) is 11.2. The third-order valence-corrected chi connectivity index (χ3v) is 3.32. The summed E-state index contributed by atoms with van der Waals surface area (Å²) >= 11 is 0. The van der Waals surface area contributed by atoms with Gasteiger partial charge in [-0.05, 0) is 24.3 Å². The normalized spacial score (nSPS) is 15.1. The van der Waals surface area contributed by atoms with E-state index in [-0.39, 0.29) is 0 Å². The zero-order chi connectivity index (χ0) is 13.8. The Bertz CT molecular complexity index is 564. The standard InChI is InChI=1S/C15H18N4O/c16-13-3-1-2-4-14(13)18-12-5-6-15(17-11-12)19-7-9-20-10-8-19/h1-6,11,18H,7-10,16H2. The zero-order valence-corrected chi connectivity index (χ0v) is 11.2. The Labute approximate surface area is 118 Å². The highest BCUT2D eigenvalue weighted by molar-refractivity contribution is 5.72. The molecule has 1 saturated heterocycles. The molecule has 1 fully saturated rings. The highest BCUT2D eigenvalue weighted by Gasteiger charge is 2.11. The summed E-state index contributed by atoms with van der Waals surface area (Å²) in [7, 11) is 0. The molecule has 0 bridgehead atoms. The lowest BCUT2D eigenvalue weighted by Gasteiger charge is -2.27. The summed E-state index contributed by atoms with van der Waals surface area (Å²) in [5.74, 6) is 0.986. The van der Waals surface area contributed by atoms with E-state index in [1.165, 1.54) is 0 Å². The van der Waals surface area contributed by atoms with Crippen LogP contribution in [0.1, 0.15) is 0 Å². The summed E-state index contributed by atoms with van der Waals surface area (Å²) < 4.78 is 5.34. The number of hydrogen-bond donors (Lipinski definition) is 2. The minimum atomic E-state index is 0.727. The molecule has 5 nitrogen and oxygen atoms in total. The molecular weight excluding hydrogens is 252 g/mol. The average molecular weight is 270 g/mol. The van der Waals surface area contributed by atoms with Crippen LogP contribution in [0, 0.1) is 0 Å². The van der Waals surface area contributed by atoms with E-state index in [1.54, 1.807) is 0 Å². The van der Waals surface area contributed by atoms with Crippen LogP contribution in [-0.2, 0) is 4.74 Å². The molecule has 20 heavy (non-hydrogen) atoms. The van der Waals surface area contributed by atoms with Crippen molar-refractivity contribution in [1.82, 2.24) is 4.98 Å². The first kappa shape index (κ1) is 12.7. The molecule has 1 aromatic heterocycles. The number of anilines is 4. The smallest absolute Gasteiger partial charge is 0.128 e. The molecule has 1 aliphatic heterocycles. The number of morpholine rings is 1. The lowest BCUT2D eigenvalue weighted by molar-refractivity contribution is 0.122. The van der Waals surface area contributed by atoms with Crippen LogP contribution in [0.3, 0.4) is 0 Å². The second-order valence-corrected chi connectivity index (χ2v) is 4.72. The van der Waals surface area contributed by atoms with Crippen molar-refractivity contribution in [2.45, 2.75) is 0 Å². The number of nitrogens with one attached hydrogen (secondary N) is 1. The van der Waals surface area contributed by atoms with Crippen molar-refractivity contribution in [2.75, 3.05) is 42.3 Å². The van der Waals surface area contributed by atoms with Gasteiger partial charge in [0.15, 0.2) is 0 Å². The van der Waals surface area contributed by atoms with Gasteiger partial charge in [-0.1, -0.05) is 12.1 Å². The van der Waals surface area contributed by atoms with Gasteiger partial charge < -0.3 is 20.7 Å². The topological polar surface area (TPSA) is 63.4 Å². The summed E-state index contributed by atoms with van der Waals surface area (Å²) in [4.78, 5) is 6.72. The van der Waals surface area contributed by atoms with E-state index in [2.05, 4.69) is 15.2 Å². The molecule has 0 radical (unpaired) electrons. The molecular formula is C15H18N4O. The Morgan fingerprint density at radius 3 is 2.60 bits per heavy atom. The maximum absolute atomic E-state index is 5.91. The van der Waals surface area contributed by atoms with Gasteiger partial charge in [0.2, 0.25) is 0 Å². The van der Waals surface area contributed by atoms with E-state index in [0.29, 0.717) is 0 Å². The van der Waals surface area contributed by atoms with Crippen LogP contribution >= 0.6 is 0 Å². The molecule has 3 rings (SSSR count). The van der Waals surface area contributed by atoms with Crippen LogP contribution in [0.5, 0.6) is 0 Å². The number of pyridine rings is 1. The number of rotatable bonds is 3. The van der Waals surface area contributed by atoms with Gasteiger partial charge in [-0.25, -0.2) is 4.98 Å². The van der Waals surface area contributed by atoms with Gasteiger partial charge in [-0.3, -0.25) is 0 Å². The van der Waals surface area contributed by atoms with Crippen LogP contribution < -0.4 is 16.0 Å². The molecule has 2 heterocycles. The number of hydrogen-bond acceptors (Lipinski definition) is 5. The van der Waals surface area contributed by atoms with Gasteiger partial charge in [0, 0.05) is 13.1 Å². The molecule has 1 aliphatic rings. The van der Waals surface area contributed by atoms with Gasteiger partial charge in [0.1, 0.15) is 5.82 Å². The monoisotopic (exact) mass is 270 g/mol. The highest BCUT2D eigenvalue weighted by Crippen LogP contribution is 2.23. The summed E-state index contributed by atoms with van der Waals surface area (Å²) in [6, 6.07) is 11.7. The second kappa shape index (κ2) is 5.79. The van der Waals surface area contributed by atoms with Crippen LogP contribution in [0.15, 0.2) is 42.6 Å². The molecule has 0 unspecified atom stereocenters. The molecule has 0 spiro atoms.